The summed E-state index contributed by atoms with van der Waals surface area (Å²) in [6, 6.07) is 8.63. The Morgan fingerprint density at radius 3 is 2.48 bits per heavy atom. The number of carboxylic acids is 1. The number of rotatable bonds is 4. The van der Waals surface area contributed by atoms with Gasteiger partial charge in [-0.15, -0.1) is 0 Å². The third kappa shape index (κ3) is 3.62. The lowest BCUT2D eigenvalue weighted by atomic mass is 10.1. The summed E-state index contributed by atoms with van der Waals surface area (Å²) in [5, 5.41) is 9.13. The van der Waals surface area contributed by atoms with E-state index < -0.39 is 11.8 Å². The summed E-state index contributed by atoms with van der Waals surface area (Å²) in [4.78, 5) is 23.0. The highest BCUT2D eigenvalue weighted by atomic mass is 35.5. The minimum atomic E-state index is -1.14. The monoisotopic (exact) mass is 324 g/mol. The first-order chi connectivity index (χ1) is 9.88. The molecule has 2 aromatic carbocycles. The third-order valence-corrected chi connectivity index (χ3v) is 4.10. The first-order valence-electron chi connectivity index (χ1n) is 5.89. The van der Waals surface area contributed by atoms with Crippen LogP contribution in [0.1, 0.15) is 27.6 Å². The van der Waals surface area contributed by atoms with E-state index in [4.69, 9.17) is 16.7 Å². The normalized spacial score (nSPS) is 10.4. The topological polar surface area (TPSA) is 54.4 Å². The van der Waals surface area contributed by atoms with Crippen molar-refractivity contribution in [1.82, 2.24) is 0 Å². The summed E-state index contributed by atoms with van der Waals surface area (Å²) in [5.74, 6) is -1.89. The molecule has 3 nitrogen and oxygen atoms in total. The highest BCUT2D eigenvalue weighted by Gasteiger charge is 2.12. The van der Waals surface area contributed by atoms with Gasteiger partial charge in [0.05, 0.1) is 10.6 Å². The van der Waals surface area contributed by atoms with E-state index in [-0.39, 0.29) is 16.4 Å². The van der Waals surface area contributed by atoms with Crippen LogP contribution in [0.3, 0.4) is 0 Å². The van der Waals surface area contributed by atoms with Crippen LogP contribution in [-0.4, -0.2) is 16.9 Å². The number of hydrogen-bond donors (Lipinski definition) is 1. The molecular formula is C15H10ClFO3S. The number of benzene rings is 2. The molecule has 0 bridgehead atoms. The molecular weight excluding hydrogens is 315 g/mol. The number of carbonyl (C=O) groups excluding carboxylic acids is 1. The molecule has 0 aromatic heterocycles. The van der Waals surface area contributed by atoms with E-state index in [9.17, 15) is 14.0 Å². The molecule has 0 fully saturated rings. The molecule has 0 aliphatic heterocycles. The summed E-state index contributed by atoms with van der Waals surface area (Å²) in [5.41, 5.74) is 0.251. The largest absolute Gasteiger partial charge is 0.478 e. The molecule has 0 aliphatic rings. The molecule has 1 N–H and O–H groups in total. The number of halogens is 2. The maximum Gasteiger partial charge on any atom is 0.337 e. The van der Waals surface area contributed by atoms with Crippen LogP contribution >= 0.6 is 23.4 Å². The zero-order valence-corrected chi connectivity index (χ0v) is 12.5. The number of carbonyl (C=O) groups is 2. The quantitative estimate of drug-likeness (QED) is 0.839. The number of Topliss-reactive ketones (excluding diaryl/α,β-unsaturated/α-hetero) is 1. The lowest BCUT2D eigenvalue weighted by Crippen LogP contribution is -1.97. The highest BCUT2D eigenvalue weighted by molar-refractivity contribution is 7.99. The molecule has 0 aliphatic carbocycles. The first kappa shape index (κ1) is 15.5. The van der Waals surface area contributed by atoms with Crippen LogP contribution in [-0.2, 0) is 0 Å². The smallest absolute Gasteiger partial charge is 0.337 e. The van der Waals surface area contributed by atoms with E-state index >= 15 is 0 Å². The van der Waals surface area contributed by atoms with Gasteiger partial charge in [0.25, 0.3) is 0 Å². The lowest BCUT2D eigenvalue weighted by Gasteiger charge is -2.06. The second-order valence-electron chi connectivity index (χ2n) is 4.25. The number of aromatic carboxylic acids is 1. The predicted octanol–water partition coefficient (Wildman–Crippen LogP) is 4.53. The number of carboxylic acid groups (broad SMARTS) is 1. The molecule has 21 heavy (non-hydrogen) atoms. The number of ketones is 1. The van der Waals surface area contributed by atoms with Crippen LogP contribution in [0.15, 0.2) is 46.2 Å². The minimum absolute atomic E-state index is 0.0394. The summed E-state index contributed by atoms with van der Waals surface area (Å²) < 4.78 is 13.9. The number of hydrogen-bond acceptors (Lipinski definition) is 3. The van der Waals surface area contributed by atoms with Gasteiger partial charge < -0.3 is 5.11 Å². The summed E-state index contributed by atoms with van der Waals surface area (Å²) in [7, 11) is 0. The van der Waals surface area contributed by atoms with Crippen LogP contribution in [0.4, 0.5) is 4.39 Å². The SMILES string of the molecule is CC(=O)c1ccc(Sc2ccc(Cl)c(C(=O)O)c2)c(F)c1. The van der Waals surface area contributed by atoms with E-state index in [0.29, 0.717) is 15.4 Å². The van der Waals surface area contributed by atoms with E-state index in [1.165, 1.54) is 37.3 Å². The second kappa shape index (κ2) is 6.28. The molecule has 2 rings (SSSR count). The molecule has 0 amide bonds. The van der Waals surface area contributed by atoms with Gasteiger partial charge in [-0.1, -0.05) is 29.4 Å². The molecule has 108 valence electrons. The maximum atomic E-state index is 13.9. The van der Waals surface area contributed by atoms with Crippen LogP contribution in [0.25, 0.3) is 0 Å². The maximum absolute atomic E-state index is 13.9. The van der Waals surface area contributed by atoms with E-state index in [1.807, 2.05) is 0 Å². The molecule has 2 aromatic rings. The Balaban J connectivity index is 2.32. The fourth-order valence-corrected chi connectivity index (χ4v) is 2.72. The Morgan fingerprint density at radius 1 is 1.19 bits per heavy atom. The van der Waals surface area contributed by atoms with Gasteiger partial charge in [0, 0.05) is 15.4 Å². The molecule has 0 atom stereocenters. The van der Waals surface area contributed by atoms with Gasteiger partial charge in [0.15, 0.2) is 5.78 Å². The van der Waals surface area contributed by atoms with Crippen LogP contribution in [0.2, 0.25) is 5.02 Å². The van der Waals surface area contributed by atoms with Crippen molar-refractivity contribution >= 4 is 35.1 Å². The van der Waals surface area contributed by atoms with Gasteiger partial charge in [0.2, 0.25) is 0 Å². The molecule has 0 unspecified atom stereocenters. The van der Waals surface area contributed by atoms with Gasteiger partial charge in [-0.3, -0.25) is 4.79 Å². The van der Waals surface area contributed by atoms with Gasteiger partial charge >= 0.3 is 5.97 Å². The van der Waals surface area contributed by atoms with Crippen LogP contribution in [0, 0.1) is 5.82 Å². The fourth-order valence-electron chi connectivity index (χ4n) is 1.66. The summed E-state index contributed by atoms with van der Waals surface area (Å²) in [6.45, 7) is 1.36. The van der Waals surface area contributed by atoms with Crippen molar-refractivity contribution in [2.24, 2.45) is 0 Å². The zero-order chi connectivity index (χ0) is 15.6. The molecule has 0 saturated carbocycles. The van der Waals surface area contributed by atoms with Crippen molar-refractivity contribution in [2.75, 3.05) is 0 Å². The van der Waals surface area contributed by atoms with Gasteiger partial charge in [-0.2, -0.15) is 0 Å². The third-order valence-electron chi connectivity index (χ3n) is 2.73. The highest BCUT2D eigenvalue weighted by Crippen LogP contribution is 2.32. The molecule has 0 radical (unpaired) electrons. The van der Waals surface area contributed by atoms with Crippen molar-refractivity contribution in [3.8, 4) is 0 Å². The van der Waals surface area contributed by atoms with Gasteiger partial charge in [0.1, 0.15) is 5.82 Å². The van der Waals surface area contributed by atoms with Crippen LogP contribution < -0.4 is 0 Å². The van der Waals surface area contributed by atoms with E-state index in [2.05, 4.69) is 0 Å². The minimum Gasteiger partial charge on any atom is -0.478 e. The molecule has 0 spiro atoms. The van der Waals surface area contributed by atoms with E-state index in [0.717, 1.165) is 11.8 Å². The average Bonchev–Trinajstić information content (AvgIpc) is 2.42. The van der Waals surface area contributed by atoms with Crippen LogP contribution in [0.5, 0.6) is 0 Å². The first-order valence-corrected chi connectivity index (χ1v) is 7.09. The van der Waals surface area contributed by atoms with E-state index in [1.54, 1.807) is 6.07 Å². The standard InChI is InChI=1S/C15H10ClFO3S/c1-8(18)9-2-5-14(13(17)6-9)21-10-3-4-12(16)11(7-10)15(19)20/h2-7H,1H3,(H,19,20). The Labute approximate surface area is 129 Å². The fraction of sp³-hybridized carbons (Fsp3) is 0.0667. The van der Waals surface area contributed by atoms with Gasteiger partial charge in [-0.05, 0) is 37.3 Å². The Morgan fingerprint density at radius 2 is 1.90 bits per heavy atom. The Kier molecular flexibility index (Phi) is 4.65. The second-order valence-corrected chi connectivity index (χ2v) is 5.77. The van der Waals surface area contributed by atoms with Crippen molar-refractivity contribution < 1.29 is 19.1 Å². The molecule has 6 heteroatoms. The summed E-state index contributed by atoms with van der Waals surface area (Å²) in [6.07, 6.45) is 0. The Hall–Kier alpha value is -1.85. The Bertz CT molecular complexity index is 731. The predicted molar refractivity (Wildman–Crippen MR) is 78.9 cm³/mol. The van der Waals surface area contributed by atoms with Crippen molar-refractivity contribution in [3.63, 3.8) is 0 Å². The molecule has 0 saturated heterocycles. The average molecular weight is 325 g/mol. The summed E-state index contributed by atoms with van der Waals surface area (Å²) >= 11 is 6.85. The van der Waals surface area contributed by atoms with Crippen molar-refractivity contribution in [3.05, 3.63) is 58.4 Å². The lowest BCUT2D eigenvalue weighted by molar-refractivity contribution is 0.0696. The van der Waals surface area contributed by atoms with Gasteiger partial charge in [-0.25, -0.2) is 9.18 Å². The zero-order valence-electron chi connectivity index (χ0n) is 10.9. The van der Waals surface area contributed by atoms with Crippen molar-refractivity contribution in [1.29, 1.82) is 0 Å². The van der Waals surface area contributed by atoms with Crippen molar-refractivity contribution in [2.45, 2.75) is 16.7 Å². The molecule has 0 heterocycles.